The van der Waals surface area contributed by atoms with Crippen LogP contribution in [-0.4, -0.2) is 38.1 Å². The lowest BCUT2D eigenvalue weighted by Crippen LogP contribution is -2.39. The average Bonchev–Trinajstić information content (AvgIpc) is 3.17. The second-order valence-corrected chi connectivity index (χ2v) is 9.81. The van der Waals surface area contributed by atoms with Crippen LogP contribution in [0.25, 0.3) is 16.7 Å². The summed E-state index contributed by atoms with van der Waals surface area (Å²) in [5.74, 6) is 0.217. The van der Waals surface area contributed by atoms with Crippen molar-refractivity contribution in [1.29, 1.82) is 0 Å². The normalized spacial score (nSPS) is 17.8. The van der Waals surface area contributed by atoms with E-state index in [4.69, 9.17) is 11.6 Å². The second-order valence-electron chi connectivity index (χ2n) is 9.38. The van der Waals surface area contributed by atoms with Crippen LogP contribution in [0.2, 0.25) is 5.02 Å². The number of carbonyl (C=O) groups excluding carboxylic acids is 1. The first-order valence-electron chi connectivity index (χ1n) is 12.2. The van der Waals surface area contributed by atoms with Gasteiger partial charge in [0.2, 0.25) is 0 Å². The van der Waals surface area contributed by atoms with Crippen molar-refractivity contribution < 1.29 is 4.79 Å². The van der Waals surface area contributed by atoms with E-state index in [1.807, 2.05) is 41.9 Å². The summed E-state index contributed by atoms with van der Waals surface area (Å²) in [5.41, 5.74) is 4.48. The van der Waals surface area contributed by atoms with Gasteiger partial charge in [0.1, 0.15) is 0 Å². The van der Waals surface area contributed by atoms with Crippen molar-refractivity contribution in [3.8, 4) is 5.69 Å². The lowest BCUT2D eigenvalue weighted by Gasteiger charge is -2.29. The minimum atomic E-state index is -0.136. The molecule has 0 bridgehead atoms. The molecule has 0 atom stereocenters. The third-order valence-electron chi connectivity index (χ3n) is 7.03. The number of para-hydroxylation sites is 2. The molecule has 36 heavy (non-hydrogen) atoms. The zero-order chi connectivity index (χ0) is 25.2. The molecule has 1 fully saturated rings. The first-order chi connectivity index (χ1) is 17.4. The van der Waals surface area contributed by atoms with Gasteiger partial charge in [0.15, 0.2) is 0 Å². The SMILES string of the molecule is CNc1cncc(-n2c(=O)n(C[C@H]3CC[C@H](NC(=O)c4cc(Cl)cnc4C)CC3)c3ccccc32)c1. The Hall–Kier alpha value is -3.65. The minimum Gasteiger partial charge on any atom is -0.387 e. The predicted octanol–water partition coefficient (Wildman–Crippen LogP) is 4.57. The maximum absolute atomic E-state index is 13.6. The summed E-state index contributed by atoms with van der Waals surface area (Å²) in [6.45, 7) is 2.45. The first-order valence-corrected chi connectivity index (χ1v) is 12.6. The third-order valence-corrected chi connectivity index (χ3v) is 7.23. The number of amides is 1. The number of hydrogen-bond donors (Lipinski definition) is 2. The molecule has 2 N–H and O–H groups in total. The maximum Gasteiger partial charge on any atom is 0.333 e. The summed E-state index contributed by atoms with van der Waals surface area (Å²) in [4.78, 5) is 34.8. The van der Waals surface area contributed by atoms with Crippen LogP contribution in [0.4, 0.5) is 5.69 Å². The van der Waals surface area contributed by atoms with Gasteiger partial charge in [-0.05, 0) is 62.8 Å². The number of fused-ring (bicyclic) bond motifs is 1. The average molecular weight is 505 g/mol. The van der Waals surface area contributed by atoms with E-state index in [-0.39, 0.29) is 17.6 Å². The van der Waals surface area contributed by atoms with E-state index < -0.39 is 0 Å². The van der Waals surface area contributed by atoms with Crippen molar-refractivity contribution in [1.82, 2.24) is 24.4 Å². The fourth-order valence-corrected chi connectivity index (χ4v) is 5.23. The van der Waals surface area contributed by atoms with Gasteiger partial charge in [-0.25, -0.2) is 4.79 Å². The Kier molecular flexibility index (Phi) is 6.78. The molecular formula is C27H29ClN6O2. The summed E-state index contributed by atoms with van der Waals surface area (Å²) >= 11 is 6.03. The lowest BCUT2D eigenvalue weighted by molar-refractivity contribution is 0.0919. The van der Waals surface area contributed by atoms with E-state index in [0.29, 0.717) is 28.7 Å². The van der Waals surface area contributed by atoms with Crippen molar-refractivity contribution in [3.05, 3.63) is 81.8 Å². The van der Waals surface area contributed by atoms with Crippen LogP contribution in [0.1, 0.15) is 41.7 Å². The van der Waals surface area contributed by atoms with Crippen LogP contribution in [0.5, 0.6) is 0 Å². The smallest absolute Gasteiger partial charge is 0.333 e. The topological polar surface area (TPSA) is 93.8 Å². The first kappa shape index (κ1) is 24.1. The summed E-state index contributed by atoms with van der Waals surface area (Å²) < 4.78 is 3.61. The van der Waals surface area contributed by atoms with Gasteiger partial charge in [-0.2, -0.15) is 0 Å². The van der Waals surface area contributed by atoms with Crippen LogP contribution in [0, 0.1) is 12.8 Å². The largest absolute Gasteiger partial charge is 0.387 e. The van der Waals surface area contributed by atoms with Crippen LogP contribution in [0.15, 0.2) is 59.8 Å². The van der Waals surface area contributed by atoms with Gasteiger partial charge in [0, 0.05) is 25.8 Å². The van der Waals surface area contributed by atoms with Crippen molar-refractivity contribution in [2.75, 3.05) is 12.4 Å². The number of halogens is 1. The monoisotopic (exact) mass is 504 g/mol. The zero-order valence-corrected chi connectivity index (χ0v) is 21.1. The highest BCUT2D eigenvalue weighted by Gasteiger charge is 2.25. The highest BCUT2D eigenvalue weighted by Crippen LogP contribution is 2.28. The number of pyridine rings is 2. The van der Waals surface area contributed by atoms with E-state index in [0.717, 1.165) is 48.1 Å². The Labute approximate surface area is 214 Å². The van der Waals surface area contributed by atoms with Crippen LogP contribution < -0.4 is 16.3 Å². The molecule has 1 amide bonds. The number of aryl methyl sites for hydroxylation is 1. The van der Waals surface area contributed by atoms with Crippen LogP contribution in [-0.2, 0) is 6.54 Å². The third kappa shape index (κ3) is 4.73. The molecule has 0 radical (unpaired) electrons. The summed E-state index contributed by atoms with van der Waals surface area (Å²) in [6.07, 6.45) is 8.59. The number of hydrogen-bond acceptors (Lipinski definition) is 5. The molecule has 1 aromatic carbocycles. The summed E-state index contributed by atoms with van der Waals surface area (Å²) in [5, 5.41) is 6.68. The molecular weight excluding hydrogens is 476 g/mol. The summed E-state index contributed by atoms with van der Waals surface area (Å²) in [6, 6.07) is 11.6. The molecule has 186 valence electrons. The van der Waals surface area contributed by atoms with Gasteiger partial charge in [0.05, 0.1) is 51.1 Å². The van der Waals surface area contributed by atoms with E-state index >= 15 is 0 Å². The van der Waals surface area contributed by atoms with E-state index in [1.165, 1.54) is 0 Å². The number of carbonyl (C=O) groups is 1. The number of benzene rings is 1. The molecule has 0 aliphatic heterocycles. The molecule has 0 spiro atoms. The molecule has 0 saturated heterocycles. The molecule has 0 unspecified atom stereocenters. The lowest BCUT2D eigenvalue weighted by atomic mass is 9.85. The number of anilines is 1. The number of aromatic nitrogens is 4. The minimum absolute atomic E-state index is 0.0642. The number of imidazole rings is 1. The van der Waals surface area contributed by atoms with Crippen molar-refractivity contribution >= 4 is 34.2 Å². The molecule has 4 aromatic rings. The molecule has 3 heterocycles. The molecule has 1 saturated carbocycles. The van der Waals surface area contributed by atoms with Gasteiger partial charge in [-0.15, -0.1) is 0 Å². The molecule has 8 nitrogen and oxygen atoms in total. The fourth-order valence-electron chi connectivity index (χ4n) is 5.07. The Morgan fingerprint density at radius 3 is 2.58 bits per heavy atom. The van der Waals surface area contributed by atoms with Gasteiger partial charge in [0.25, 0.3) is 5.91 Å². The second kappa shape index (κ2) is 10.1. The Morgan fingerprint density at radius 2 is 1.83 bits per heavy atom. The molecule has 1 aliphatic carbocycles. The standard InChI is InChI=1S/C27H29ClN6O2/c1-17-23(11-19(28)13-31-17)26(35)32-20-9-7-18(8-10-20)16-33-24-5-3-4-6-25(24)34(27(33)36)22-12-21(29-2)14-30-15-22/h3-6,11-15,18,20,29H,7-10,16H2,1-2H3,(H,32,35)/t18-,20-. The van der Waals surface area contributed by atoms with Crippen LogP contribution in [0.3, 0.4) is 0 Å². The fraction of sp³-hybridized carbons (Fsp3) is 0.333. The van der Waals surface area contributed by atoms with E-state index in [2.05, 4.69) is 20.6 Å². The molecule has 9 heteroatoms. The maximum atomic E-state index is 13.6. The van der Waals surface area contributed by atoms with Gasteiger partial charge >= 0.3 is 5.69 Å². The predicted molar refractivity (Wildman–Crippen MR) is 142 cm³/mol. The van der Waals surface area contributed by atoms with Crippen molar-refractivity contribution in [2.24, 2.45) is 5.92 Å². The van der Waals surface area contributed by atoms with E-state index in [1.54, 1.807) is 36.1 Å². The number of rotatable bonds is 6. The van der Waals surface area contributed by atoms with E-state index in [9.17, 15) is 9.59 Å². The quantitative estimate of drug-likeness (QED) is 0.401. The highest BCUT2D eigenvalue weighted by atomic mass is 35.5. The highest BCUT2D eigenvalue weighted by molar-refractivity contribution is 6.30. The van der Waals surface area contributed by atoms with Crippen LogP contribution >= 0.6 is 11.6 Å². The summed E-state index contributed by atoms with van der Waals surface area (Å²) in [7, 11) is 1.83. The Morgan fingerprint density at radius 1 is 1.08 bits per heavy atom. The number of nitrogens with one attached hydrogen (secondary N) is 2. The Balaban J connectivity index is 1.31. The molecule has 1 aliphatic rings. The number of nitrogens with zero attached hydrogens (tertiary/aromatic N) is 4. The Bertz CT molecular complexity index is 1470. The van der Waals surface area contributed by atoms with Gasteiger partial charge < -0.3 is 10.6 Å². The molecule has 3 aromatic heterocycles. The van der Waals surface area contributed by atoms with Crippen molar-refractivity contribution in [2.45, 2.75) is 45.2 Å². The van der Waals surface area contributed by atoms with Gasteiger partial charge in [-0.1, -0.05) is 23.7 Å². The molecule has 5 rings (SSSR count). The van der Waals surface area contributed by atoms with Gasteiger partial charge in [-0.3, -0.25) is 23.9 Å². The zero-order valence-electron chi connectivity index (χ0n) is 20.4. The van der Waals surface area contributed by atoms with Crippen molar-refractivity contribution in [3.63, 3.8) is 0 Å².